The highest BCUT2D eigenvalue weighted by molar-refractivity contribution is 6.30. The summed E-state index contributed by atoms with van der Waals surface area (Å²) in [6, 6.07) is 12.8. The van der Waals surface area contributed by atoms with Crippen LogP contribution in [0, 0.1) is 5.82 Å². The quantitative estimate of drug-likeness (QED) is 0.501. The normalized spacial score (nSPS) is 14.7. The summed E-state index contributed by atoms with van der Waals surface area (Å²) < 4.78 is 19.9. The fourth-order valence-electron chi connectivity index (χ4n) is 3.87. The Hall–Kier alpha value is -2.60. The van der Waals surface area contributed by atoms with Gasteiger partial charge in [0.05, 0.1) is 6.61 Å². The number of carbonyl (C=O) groups is 2. The summed E-state index contributed by atoms with van der Waals surface area (Å²) in [5, 5.41) is 3.67. The van der Waals surface area contributed by atoms with E-state index in [0.717, 1.165) is 25.7 Å². The Bertz CT molecular complexity index is 900. The van der Waals surface area contributed by atoms with Gasteiger partial charge in [-0.05, 0) is 56.5 Å². The minimum atomic E-state index is -0.695. The van der Waals surface area contributed by atoms with Gasteiger partial charge in [-0.2, -0.15) is 0 Å². The lowest BCUT2D eigenvalue weighted by Crippen LogP contribution is -2.49. The molecule has 3 rings (SSSR count). The van der Waals surface area contributed by atoms with Crippen LogP contribution in [-0.2, 0) is 16.1 Å². The van der Waals surface area contributed by atoms with Crippen LogP contribution in [0.3, 0.4) is 0 Å². The first-order valence-electron chi connectivity index (χ1n) is 11.2. The standard InChI is InChI=1S/C25H30ClFN2O3/c1-18(25(31)28-21-8-3-4-9-21)29(17-19-7-2-5-10-23(19)27)24(30)11-6-16-32-22-14-12-20(26)13-15-22/h2,5,7,10,12-15,18,21H,3-4,6,8-9,11,16-17H2,1H3,(H,28,31)/t18-/m1/s1. The lowest BCUT2D eigenvalue weighted by atomic mass is 10.1. The van der Waals surface area contributed by atoms with Gasteiger partial charge in [0, 0.05) is 29.6 Å². The molecule has 5 nitrogen and oxygen atoms in total. The average Bonchev–Trinajstić information content (AvgIpc) is 3.30. The summed E-state index contributed by atoms with van der Waals surface area (Å²) in [5.74, 6) is -0.116. The number of carbonyl (C=O) groups excluding carboxylic acids is 2. The molecule has 1 aliphatic carbocycles. The molecule has 2 aromatic rings. The summed E-state index contributed by atoms with van der Waals surface area (Å²) in [7, 11) is 0. The largest absolute Gasteiger partial charge is 0.494 e. The van der Waals surface area contributed by atoms with Gasteiger partial charge in [0.1, 0.15) is 17.6 Å². The van der Waals surface area contributed by atoms with Crippen molar-refractivity contribution in [1.29, 1.82) is 0 Å². The van der Waals surface area contributed by atoms with Crippen molar-refractivity contribution in [3.05, 3.63) is 64.9 Å². The van der Waals surface area contributed by atoms with Gasteiger partial charge in [-0.25, -0.2) is 4.39 Å². The van der Waals surface area contributed by atoms with E-state index in [1.54, 1.807) is 49.4 Å². The monoisotopic (exact) mass is 460 g/mol. The van der Waals surface area contributed by atoms with E-state index in [2.05, 4.69) is 5.32 Å². The van der Waals surface area contributed by atoms with Gasteiger partial charge in [0.15, 0.2) is 0 Å². The molecule has 0 saturated heterocycles. The molecule has 2 aromatic carbocycles. The summed E-state index contributed by atoms with van der Waals surface area (Å²) in [6.45, 7) is 2.10. The zero-order valence-corrected chi connectivity index (χ0v) is 19.1. The Morgan fingerprint density at radius 3 is 2.53 bits per heavy atom. The molecule has 1 saturated carbocycles. The van der Waals surface area contributed by atoms with Gasteiger partial charge >= 0.3 is 0 Å². The van der Waals surface area contributed by atoms with Crippen LogP contribution in [0.4, 0.5) is 4.39 Å². The molecule has 1 aliphatic rings. The van der Waals surface area contributed by atoms with Gasteiger partial charge in [-0.1, -0.05) is 42.6 Å². The van der Waals surface area contributed by atoms with E-state index < -0.39 is 6.04 Å². The van der Waals surface area contributed by atoms with Gasteiger partial charge in [-0.3, -0.25) is 9.59 Å². The van der Waals surface area contributed by atoms with E-state index in [-0.39, 0.29) is 36.6 Å². The zero-order chi connectivity index (χ0) is 22.9. The highest BCUT2D eigenvalue weighted by Crippen LogP contribution is 2.20. The van der Waals surface area contributed by atoms with Crippen LogP contribution in [0.2, 0.25) is 5.02 Å². The van der Waals surface area contributed by atoms with Crippen molar-refractivity contribution in [3.8, 4) is 5.75 Å². The lowest BCUT2D eigenvalue weighted by Gasteiger charge is -2.30. The van der Waals surface area contributed by atoms with E-state index in [0.29, 0.717) is 29.4 Å². The first-order chi connectivity index (χ1) is 15.4. The molecular formula is C25H30ClFN2O3. The first kappa shape index (κ1) is 24.1. The summed E-state index contributed by atoms with van der Waals surface area (Å²) >= 11 is 5.87. The van der Waals surface area contributed by atoms with Crippen LogP contribution < -0.4 is 10.1 Å². The Labute approximate surface area is 193 Å². The molecule has 2 amide bonds. The zero-order valence-electron chi connectivity index (χ0n) is 18.4. The number of halogens is 2. The average molecular weight is 461 g/mol. The predicted molar refractivity (Wildman–Crippen MR) is 123 cm³/mol. The van der Waals surface area contributed by atoms with E-state index in [1.165, 1.54) is 11.0 Å². The van der Waals surface area contributed by atoms with Crippen LogP contribution >= 0.6 is 11.6 Å². The summed E-state index contributed by atoms with van der Waals surface area (Å²) in [5.41, 5.74) is 0.388. The lowest BCUT2D eigenvalue weighted by molar-refractivity contribution is -0.141. The second-order valence-electron chi connectivity index (χ2n) is 8.18. The highest BCUT2D eigenvalue weighted by atomic mass is 35.5. The molecule has 0 radical (unpaired) electrons. The SMILES string of the molecule is C[C@H](C(=O)NC1CCCC1)N(Cc1ccccc1F)C(=O)CCCOc1ccc(Cl)cc1. The third-order valence-corrected chi connectivity index (χ3v) is 6.04. The second kappa shape index (κ2) is 11.9. The number of hydrogen-bond donors (Lipinski definition) is 1. The van der Waals surface area contributed by atoms with Crippen LogP contribution in [-0.4, -0.2) is 35.4 Å². The van der Waals surface area contributed by atoms with E-state index in [1.807, 2.05) is 0 Å². The van der Waals surface area contributed by atoms with Gasteiger partial charge in [-0.15, -0.1) is 0 Å². The number of amides is 2. The summed E-state index contributed by atoms with van der Waals surface area (Å²) in [6.07, 6.45) is 4.80. The Kier molecular flexibility index (Phi) is 8.91. The molecule has 0 heterocycles. The van der Waals surface area contributed by atoms with E-state index >= 15 is 0 Å². The Balaban J connectivity index is 1.60. The molecule has 0 unspecified atom stereocenters. The second-order valence-corrected chi connectivity index (χ2v) is 8.62. The molecule has 0 aromatic heterocycles. The fraction of sp³-hybridized carbons (Fsp3) is 0.440. The van der Waals surface area contributed by atoms with Crippen molar-refractivity contribution in [2.75, 3.05) is 6.61 Å². The number of ether oxygens (including phenoxy) is 1. The highest BCUT2D eigenvalue weighted by Gasteiger charge is 2.28. The maximum atomic E-state index is 14.3. The number of rotatable bonds is 10. The van der Waals surface area contributed by atoms with Crippen molar-refractivity contribution in [3.63, 3.8) is 0 Å². The van der Waals surface area contributed by atoms with E-state index in [4.69, 9.17) is 16.3 Å². The topological polar surface area (TPSA) is 58.6 Å². The molecule has 0 aliphatic heterocycles. The van der Waals surface area contributed by atoms with Crippen molar-refractivity contribution in [2.24, 2.45) is 0 Å². The van der Waals surface area contributed by atoms with Crippen LogP contribution in [0.5, 0.6) is 5.75 Å². The van der Waals surface area contributed by atoms with Crippen molar-refractivity contribution < 1.29 is 18.7 Å². The molecule has 0 spiro atoms. The maximum Gasteiger partial charge on any atom is 0.242 e. The van der Waals surface area contributed by atoms with Crippen molar-refractivity contribution in [1.82, 2.24) is 10.2 Å². The van der Waals surface area contributed by atoms with Crippen LogP contribution in [0.15, 0.2) is 48.5 Å². The molecule has 1 N–H and O–H groups in total. The number of nitrogens with one attached hydrogen (secondary N) is 1. The van der Waals surface area contributed by atoms with Gasteiger partial charge in [0.25, 0.3) is 0 Å². The maximum absolute atomic E-state index is 14.3. The molecule has 1 atom stereocenters. The number of hydrogen-bond acceptors (Lipinski definition) is 3. The van der Waals surface area contributed by atoms with E-state index in [9.17, 15) is 14.0 Å². The smallest absolute Gasteiger partial charge is 0.242 e. The number of benzene rings is 2. The summed E-state index contributed by atoms with van der Waals surface area (Å²) in [4.78, 5) is 27.3. The predicted octanol–water partition coefficient (Wildman–Crippen LogP) is 5.11. The van der Waals surface area contributed by atoms with Crippen molar-refractivity contribution in [2.45, 2.75) is 64.1 Å². The fourth-order valence-corrected chi connectivity index (χ4v) is 4.00. The third kappa shape index (κ3) is 6.95. The molecule has 172 valence electrons. The van der Waals surface area contributed by atoms with Crippen LogP contribution in [0.1, 0.15) is 51.0 Å². The minimum absolute atomic E-state index is 0.0444. The Morgan fingerprint density at radius 2 is 1.84 bits per heavy atom. The first-order valence-corrected chi connectivity index (χ1v) is 11.5. The molecule has 0 bridgehead atoms. The Morgan fingerprint density at radius 1 is 1.16 bits per heavy atom. The molecule has 1 fully saturated rings. The third-order valence-electron chi connectivity index (χ3n) is 5.78. The van der Waals surface area contributed by atoms with Crippen LogP contribution in [0.25, 0.3) is 0 Å². The van der Waals surface area contributed by atoms with Gasteiger partial charge in [0.2, 0.25) is 11.8 Å². The van der Waals surface area contributed by atoms with Crippen molar-refractivity contribution >= 4 is 23.4 Å². The van der Waals surface area contributed by atoms with Gasteiger partial charge < -0.3 is 15.0 Å². The molecule has 32 heavy (non-hydrogen) atoms. The molecular weight excluding hydrogens is 431 g/mol. The molecule has 7 heteroatoms. The number of nitrogens with zero attached hydrogens (tertiary/aromatic N) is 1. The minimum Gasteiger partial charge on any atom is -0.494 e.